The van der Waals surface area contributed by atoms with Gasteiger partial charge in [0.05, 0.1) is 19.5 Å². The summed E-state index contributed by atoms with van der Waals surface area (Å²) in [5, 5.41) is 4.20. The molecular weight excluding hydrogens is 503 g/mol. The van der Waals surface area contributed by atoms with Crippen molar-refractivity contribution in [1.29, 1.82) is 0 Å². The summed E-state index contributed by atoms with van der Waals surface area (Å²) < 4.78 is 11.4. The van der Waals surface area contributed by atoms with Crippen LogP contribution in [0.2, 0.25) is 0 Å². The van der Waals surface area contributed by atoms with Crippen LogP contribution in [-0.4, -0.2) is 13.3 Å². The Hall–Kier alpha value is -2.61. The highest BCUT2D eigenvalue weighted by Crippen LogP contribution is 2.62. The smallest absolute Gasteiger partial charge is 0.161 e. The molecule has 2 nitrogen and oxygen atoms in total. The van der Waals surface area contributed by atoms with E-state index in [1.54, 1.807) is 13.4 Å². The van der Waals surface area contributed by atoms with E-state index in [0.29, 0.717) is 0 Å². The maximum Gasteiger partial charge on any atom is 0.161 e. The molecule has 0 unspecified atom stereocenters. The number of methoxy groups -OCH3 is 1. The molecule has 174 valence electrons. The van der Waals surface area contributed by atoms with Gasteiger partial charge in [-0.05, 0) is 59.4 Å². The van der Waals surface area contributed by atoms with Crippen LogP contribution >= 0.6 is 7.26 Å². The normalized spacial score (nSPS) is 16.6. The Morgan fingerprint density at radius 3 is 1.68 bits per heavy atom. The lowest BCUT2D eigenvalue weighted by atomic mass is 9.86. The Balaban J connectivity index is 0.00000274. The summed E-state index contributed by atoms with van der Waals surface area (Å²) in [4.78, 5) is 0. The third-order valence-electron chi connectivity index (χ3n) is 6.91. The molecule has 3 aromatic carbocycles. The topological polar surface area (TPSA) is 18.5 Å². The second-order valence-corrected chi connectivity index (χ2v) is 12.8. The molecule has 1 aliphatic carbocycles. The number of hydrogen-bond acceptors (Lipinski definition) is 2. The molecule has 0 saturated heterocycles. The van der Waals surface area contributed by atoms with Gasteiger partial charge in [0.2, 0.25) is 0 Å². The van der Waals surface area contributed by atoms with Gasteiger partial charge in [0, 0.05) is 5.57 Å². The van der Waals surface area contributed by atoms with E-state index < -0.39 is 7.26 Å². The highest BCUT2D eigenvalue weighted by atomic mass is 79.9. The maximum absolute atomic E-state index is 5.81. The first kappa shape index (κ1) is 24.5. The van der Waals surface area contributed by atoms with E-state index in [9.17, 15) is 0 Å². The van der Waals surface area contributed by atoms with Gasteiger partial charge in [0.1, 0.15) is 29.4 Å². The van der Waals surface area contributed by atoms with Crippen molar-refractivity contribution >= 4 is 23.2 Å². The molecule has 3 aromatic rings. The molecule has 0 saturated carbocycles. The first-order valence-electron chi connectivity index (χ1n) is 11.4. The third kappa shape index (κ3) is 4.17. The molecule has 34 heavy (non-hydrogen) atoms. The first-order chi connectivity index (χ1) is 16.1. The van der Waals surface area contributed by atoms with E-state index in [-0.39, 0.29) is 22.4 Å². The Bertz CT molecular complexity index is 1130. The van der Waals surface area contributed by atoms with Gasteiger partial charge in [-0.1, -0.05) is 68.4 Å². The van der Waals surface area contributed by atoms with Crippen LogP contribution in [0.25, 0.3) is 0 Å². The lowest BCUT2D eigenvalue weighted by Crippen LogP contribution is -3.00. The zero-order valence-corrected chi connectivity index (χ0v) is 22.4. The van der Waals surface area contributed by atoms with Crippen LogP contribution in [-0.2, 0) is 9.47 Å². The Morgan fingerprint density at radius 1 is 0.765 bits per heavy atom. The van der Waals surface area contributed by atoms with Gasteiger partial charge in [-0.15, -0.1) is 0 Å². The average molecular weight is 533 g/mol. The number of fused-ring (bicyclic) bond motifs is 1. The number of ether oxygens (including phenoxy) is 2. The molecule has 0 N–H and O–H groups in total. The van der Waals surface area contributed by atoms with Crippen LogP contribution in [0.5, 0.6) is 0 Å². The van der Waals surface area contributed by atoms with Crippen molar-refractivity contribution in [3.63, 3.8) is 0 Å². The van der Waals surface area contributed by atoms with Gasteiger partial charge in [-0.3, -0.25) is 0 Å². The van der Waals surface area contributed by atoms with Crippen molar-refractivity contribution in [1.82, 2.24) is 0 Å². The predicted molar refractivity (Wildman–Crippen MR) is 140 cm³/mol. The fraction of sp³-hybridized carbons (Fsp3) is 0.200. The van der Waals surface area contributed by atoms with E-state index in [2.05, 4.69) is 105 Å². The van der Waals surface area contributed by atoms with Gasteiger partial charge < -0.3 is 26.5 Å². The van der Waals surface area contributed by atoms with Crippen molar-refractivity contribution in [3.8, 4) is 0 Å². The van der Waals surface area contributed by atoms with Crippen LogP contribution in [0.4, 0.5) is 0 Å². The fourth-order valence-electron chi connectivity index (χ4n) is 5.30. The standard InChI is InChI=1S/C30H30O2P.BrH/c1-30(2)19-23-20-32-21-28(31-3)29(23)27(30)22-33(24-13-7-4-8-14-24,25-15-9-5-10-16-25)26-17-11-6-12-18-26;/h4-18,20-21H,19,22H2,1-3H3;1H/q+1;/p-1. The molecule has 0 bridgehead atoms. The number of benzene rings is 3. The molecule has 2 aliphatic rings. The van der Waals surface area contributed by atoms with E-state index in [1.807, 2.05) is 6.26 Å². The monoisotopic (exact) mass is 532 g/mol. The van der Waals surface area contributed by atoms with Gasteiger partial charge in [0.15, 0.2) is 5.76 Å². The number of halogens is 1. The average Bonchev–Trinajstić information content (AvgIpc) is 3.13. The minimum Gasteiger partial charge on any atom is -1.00 e. The lowest BCUT2D eigenvalue weighted by Gasteiger charge is -2.32. The van der Waals surface area contributed by atoms with Crippen LogP contribution in [0.15, 0.2) is 126 Å². The van der Waals surface area contributed by atoms with E-state index in [4.69, 9.17) is 9.47 Å². The molecule has 5 rings (SSSR count). The van der Waals surface area contributed by atoms with E-state index in [0.717, 1.165) is 18.3 Å². The summed E-state index contributed by atoms with van der Waals surface area (Å²) in [6, 6.07) is 33.3. The lowest BCUT2D eigenvalue weighted by molar-refractivity contribution is -0.00000742. The Labute approximate surface area is 214 Å². The SMILES string of the molecule is COC1=COC=C2CC(C)(C)C(C[P+](c3ccccc3)(c3ccccc3)c3ccccc3)=C21.[Br-]. The highest BCUT2D eigenvalue weighted by molar-refractivity contribution is 7.95. The number of hydrogen-bond donors (Lipinski definition) is 0. The molecule has 0 atom stereocenters. The summed E-state index contributed by atoms with van der Waals surface area (Å²) in [6.45, 7) is 4.72. The molecular formula is C30H30BrO2P. The summed E-state index contributed by atoms with van der Waals surface area (Å²) in [5.41, 5.74) is 3.94. The maximum atomic E-state index is 5.81. The number of rotatable bonds is 6. The molecule has 0 aromatic heterocycles. The summed E-state index contributed by atoms with van der Waals surface area (Å²) in [7, 11) is -0.253. The minimum absolute atomic E-state index is 0. The second kappa shape index (κ2) is 9.94. The molecule has 1 aliphatic heterocycles. The number of allylic oxidation sites excluding steroid dienone is 2. The Kier molecular flexibility index (Phi) is 7.17. The zero-order valence-electron chi connectivity index (χ0n) is 19.9. The van der Waals surface area contributed by atoms with Gasteiger partial charge in [-0.25, -0.2) is 0 Å². The Morgan fingerprint density at radius 2 is 1.24 bits per heavy atom. The molecule has 0 fully saturated rings. The minimum atomic E-state index is -1.99. The molecule has 0 amide bonds. The molecule has 0 spiro atoms. The zero-order chi connectivity index (χ0) is 22.9. The van der Waals surface area contributed by atoms with Crippen molar-refractivity contribution in [2.75, 3.05) is 13.3 Å². The molecule has 0 radical (unpaired) electrons. The molecule has 1 heterocycles. The third-order valence-corrected chi connectivity index (χ3v) is 11.2. The van der Waals surface area contributed by atoms with Crippen molar-refractivity contribution in [2.45, 2.75) is 20.3 Å². The van der Waals surface area contributed by atoms with Gasteiger partial charge in [0.25, 0.3) is 0 Å². The second-order valence-electron chi connectivity index (χ2n) is 9.35. The molecule has 4 heteroatoms. The fourth-order valence-corrected chi connectivity index (χ4v) is 9.84. The van der Waals surface area contributed by atoms with Crippen molar-refractivity contribution < 1.29 is 26.5 Å². The summed E-state index contributed by atoms with van der Waals surface area (Å²) in [5.74, 6) is 0.834. The van der Waals surface area contributed by atoms with E-state index in [1.165, 1.54) is 32.6 Å². The van der Waals surface area contributed by atoms with Gasteiger partial charge >= 0.3 is 0 Å². The van der Waals surface area contributed by atoms with Crippen LogP contribution in [0, 0.1) is 5.41 Å². The largest absolute Gasteiger partial charge is 1.00 e. The quantitative estimate of drug-likeness (QED) is 0.454. The summed E-state index contributed by atoms with van der Waals surface area (Å²) >= 11 is 0. The highest BCUT2D eigenvalue weighted by Gasteiger charge is 2.51. The summed E-state index contributed by atoms with van der Waals surface area (Å²) in [6.07, 6.45) is 5.57. The van der Waals surface area contributed by atoms with Gasteiger partial charge in [-0.2, -0.15) is 0 Å². The van der Waals surface area contributed by atoms with Crippen molar-refractivity contribution in [3.05, 3.63) is 126 Å². The van der Waals surface area contributed by atoms with Crippen LogP contribution in [0.1, 0.15) is 20.3 Å². The first-order valence-corrected chi connectivity index (χ1v) is 13.4. The van der Waals surface area contributed by atoms with Crippen LogP contribution < -0.4 is 32.9 Å². The van der Waals surface area contributed by atoms with Crippen LogP contribution in [0.3, 0.4) is 0 Å². The van der Waals surface area contributed by atoms with E-state index >= 15 is 0 Å². The van der Waals surface area contributed by atoms with Crippen molar-refractivity contribution in [2.24, 2.45) is 5.41 Å². The predicted octanol–water partition coefficient (Wildman–Crippen LogP) is 3.11.